The summed E-state index contributed by atoms with van der Waals surface area (Å²) in [4.78, 5) is 13.8. The van der Waals surface area contributed by atoms with Crippen molar-refractivity contribution in [3.63, 3.8) is 0 Å². The first kappa shape index (κ1) is 18.0. The van der Waals surface area contributed by atoms with Gasteiger partial charge in [0.1, 0.15) is 12.4 Å². The Morgan fingerprint density at radius 3 is 2.62 bits per heavy atom. The number of amides is 1. The minimum atomic E-state index is -0.137. The number of anilines is 1. The quantitative estimate of drug-likeness (QED) is 0.805. The Kier molecular flexibility index (Phi) is 5.90. The molecule has 134 valence electrons. The fraction of sp³-hybridized carbons (Fsp3) is 0.286. The number of aliphatic hydroxyl groups is 2. The highest BCUT2D eigenvalue weighted by atomic mass is 16.5. The van der Waals surface area contributed by atoms with Gasteiger partial charge in [0.15, 0.2) is 0 Å². The Morgan fingerprint density at radius 2 is 1.88 bits per heavy atom. The average molecular weight is 351 g/mol. The van der Waals surface area contributed by atoms with Gasteiger partial charge < -0.3 is 19.8 Å². The standard InChI is InChI=1S/C21H21NO4/c23-13-11-21(25)22-12-10-19-17(2-1-3-20(19)22)7-4-16-5-8-18(9-6-16)26-15-14-24/h1-3,5-6,8-9,23-24H,10-15H2. The molecule has 1 aliphatic rings. The van der Waals surface area contributed by atoms with Crippen molar-refractivity contribution >= 4 is 11.6 Å². The zero-order valence-electron chi connectivity index (χ0n) is 14.4. The Hall–Kier alpha value is -2.81. The molecule has 26 heavy (non-hydrogen) atoms. The molecule has 0 aliphatic carbocycles. The van der Waals surface area contributed by atoms with Crippen molar-refractivity contribution in [2.75, 3.05) is 31.3 Å². The number of fused-ring (bicyclic) bond motifs is 1. The third-order valence-corrected chi connectivity index (χ3v) is 4.21. The highest BCUT2D eigenvalue weighted by Crippen LogP contribution is 2.30. The van der Waals surface area contributed by atoms with Gasteiger partial charge in [0, 0.05) is 23.4 Å². The molecule has 1 amide bonds. The molecule has 0 saturated carbocycles. The number of hydrogen-bond donors (Lipinski definition) is 2. The monoisotopic (exact) mass is 351 g/mol. The van der Waals surface area contributed by atoms with Crippen LogP contribution in [-0.4, -0.2) is 42.5 Å². The van der Waals surface area contributed by atoms with Crippen LogP contribution < -0.4 is 9.64 Å². The van der Waals surface area contributed by atoms with Crippen molar-refractivity contribution in [3.8, 4) is 17.6 Å². The largest absolute Gasteiger partial charge is 0.491 e. The maximum Gasteiger partial charge on any atom is 0.229 e. The molecule has 0 bridgehead atoms. The van der Waals surface area contributed by atoms with E-state index in [1.54, 1.807) is 4.90 Å². The van der Waals surface area contributed by atoms with E-state index in [0.717, 1.165) is 28.8 Å². The summed E-state index contributed by atoms with van der Waals surface area (Å²) in [5.74, 6) is 6.98. The van der Waals surface area contributed by atoms with E-state index in [9.17, 15) is 4.79 Å². The van der Waals surface area contributed by atoms with Gasteiger partial charge in [0.05, 0.1) is 19.6 Å². The smallest absolute Gasteiger partial charge is 0.229 e. The minimum absolute atomic E-state index is 0.0154. The lowest BCUT2D eigenvalue weighted by Crippen LogP contribution is -2.29. The lowest BCUT2D eigenvalue weighted by atomic mass is 10.0. The van der Waals surface area contributed by atoms with Crippen LogP contribution in [0.2, 0.25) is 0 Å². The van der Waals surface area contributed by atoms with Gasteiger partial charge in [0.25, 0.3) is 0 Å². The Balaban J connectivity index is 1.78. The van der Waals surface area contributed by atoms with Crippen LogP contribution in [0.3, 0.4) is 0 Å². The van der Waals surface area contributed by atoms with Crippen LogP contribution in [0.15, 0.2) is 42.5 Å². The number of carbonyl (C=O) groups excluding carboxylic acids is 1. The van der Waals surface area contributed by atoms with E-state index in [4.69, 9.17) is 14.9 Å². The fourth-order valence-electron chi connectivity index (χ4n) is 2.98. The molecule has 0 fully saturated rings. The van der Waals surface area contributed by atoms with Crippen molar-refractivity contribution in [2.24, 2.45) is 0 Å². The topological polar surface area (TPSA) is 70.0 Å². The number of benzene rings is 2. The third kappa shape index (κ3) is 4.05. The number of carbonyl (C=O) groups is 1. The minimum Gasteiger partial charge on any atom is -0.491 e. The maximum atomic E-state index is 12.1. The van der Waals surface area contributed by atoms with E-state index in [0.29, 0.717) is 12.3 Å². The van der Waals surface area contributed by atoms with E-state index in [1.165, 1.54) is 0 Å². The first-order chi connectivity index (χ1) is 12.7. The molecule has 0 atom stereocenters. The molecule has 0 unspecified atom stereocenters. The Bertz CT molecular complexity index is 833. The Labute approximate surface area is 152 Å². The Morgan fingerprint density at radius 1 is 1.08 bits per heavy atom. The number of hydrogen-bond acceptors (Lipinski definition) is 4. The van der Waals surface area contributed by atoms with Crippen LogP contribution in [0.1, 0.15) is 23.1 Å². The second-order valence-electron chi connectivity index (χ2n) is 5.92. The molecule has 0 saturated heterocycles. The van der Waals surface area contributed by atoms with E-state index in [2.05, 4.69) is 11.8 Å². The number of nitrogens with zero attached hydrogens (tertiary/aromatic N) is 1. The fourth-order valence-corrected chi connectivity index (χ4v) is 2.98. The molecule has 0 aromatic heterocycles. The first-order valence-corrected chi connectivity index (χ1v) is 8.62. The van der Waals surface area contributed by atoms with Crippen LogP contribution in [0.25, 0.3) is 0 Å². The predicted octanol–water partition coefficient (Wildman–Crippen LogP) is 1.73. The second-order valence-corrected chi connectivity index (χ2v) is 5.92. The third-order valence-electron chi connectivity index (χ3n) is 4.21. The van der Waals surface area contributed by atoms with Crippen LogP contribution >= 0.6 is 0 Å². The van der Waals surface area contributed by atoms with Crippen molar-refractivity contribution in [2.45, 2.75) is 12.8 Å². The van der Waals surface area contributed by atoms with Crippen LogP contribution in [0, 0.1) is 11.8 Å². The molecular formula is C21H21NO4. The molecule has 5 heteroatoms. The van der Waals surface area contributed by atoms with Gasteiger partial charge in [-0.3, -0.25) is 4.79 Å². The van der Waals surface area contributed by atoms with Gasteiger partial charge in [-0.2, -0.15) is 0 Å². The van der Waals surface area contributed by atoms with Crippen molar-refractivity contribution < 1.29 is 19.7 Å². The summed E-state index contributed by atoms with van der Waals surface area (Å²) in [6.45, 7) is 0.747. The second kappa shape index (κ2) is 8.52. The van der Waals surface area contributed by atoms with Crippen molar-refractivity contribution in [1.82, 2.24) is 0 Å². The SMILES string of the molecule is O=C(CCO)N1CCc2c(C#Cc3ccc(OCCO)cc3)cccc21. The predicted molar refractivity (Wildman–Crippen MR) is 99.2 cm³/mol. The lowest BCUT2D eigenvalue weighted by Gasteiger charge is -2.16. The molecular weight excluding hydrogens is 330 g/mol. The normalized spacial score (nSPS) is 12.3. The molecule has 2 aromatic carbocycles. The van der Waals surface area contributed by atoms with Crippen molar-refractivity contribution in [1.29, 1.82) is 0 Å². The molecule has 0 spiro atoms. The molecule has 1 aliphatic heterocycles. The summed E-state index contributed by atoms with van der Waals surface area (Å²) in [5, 5.41) is 17.8. The summed E-state index contributed by atoms with van der Waals surface area (Å²) < 4.78 is 5.33. The van der Waals surface area contributed by atoms with Crippen LogP contribution in [0.4, 0.5) is 5.69 Å². The molecule has 2 N–H and O–H groups in total. The lowest BCUT2D eigenvalue weighted by molar-refractivity contribution is -0.119. The maximum absolute atomic E-state index is 12.1. The van der Waals surface area contributed by atoms with Gasteiger partial charge in [-0.05, 0) is 48.4 Å². The first-order valence-electron chi connectivity index (χ1n) is 8.62. The van der Waals surface area contributed by atoms with Crippen LogP contribution in [-0.2, 0) is 11.2 Å². The summed E-state index contributed by atoms with van der Waals surface area (Å²) in [7, 11) is 0. The molecule has 2 aromatic rings. The van der Waals surface area contributed by atoms with Gasteiger partial charge in [-0.25, -0.2) is 0 Å². The molecule has 5 nitrogen and oxygen atoms in total. The number of rotatable bonds is 5. The zero-order valence-corrected chi connectivity index (χ0v) is 14.4. The molecule has 1 heterocycles. The van der Waals surface area contributed by atoms with E-state index >= 15 is 0 Å². The summed E-state index contributed by atoms with van der Waals surface area (Å²) in [5.41, 5.74) is 3.75. The van der Waals surface area contributed by atoms with Gasteiger partial charge >= 0.3 is 0 Å². The number of aliphatic hydroxyl groups excluding tert-OH is 2. The highest BCUT2D eigenvalue weighted by Gasteiger charge is 2.25. The van der Waals surface area contributed by atoms with Gasteiger partial charge in [0.2, 0.25) is 5.91 Å². The zero-order chi connectivity index (χ0) is 18.4. The van der Waals surface area contributed by atoms with Crippen molar-refractivity contribution in [3.05, 3.63) is 59.2 Å². The number of ether oxygens (including phenoxy) is 1. The summed E-state index contributed by atoms with van der Waals surface area (Å²) in [6, 6.07) is 13.2. The molecule has 0 radical (unpaired) electrons. The van der Waals surface area contributed by atoms with Gasteiger partial charge in [-0.15, -0.1) is 0 Å². The molecule has 3 rings (SSSR count). The highest BCUT2D eigenvalue weighted by molar-refractivity contribution is 5.96. The van der Waals surface area contributed by atoms with Crippen LogP contribution in [0.5, 0.6) is 5.75 Å². The van der Waals surface area contributed by atoms with E-state index in [1.807, 2.05) is 42.5 Å². The van der Waals surface area contributed by atoms with E-state index < -0.39 is 0 Å². The average Bonchev–Trinajstić information content (AvgIpc) is 3.10. The summed E-state index contributed by atoms with van der Waals surface area (Å²) >= 11 is 0. The van der Waals surface area contributed by atoms with Gasteiger partial charge in [-0.1, -0.05) is 17.9 Å². The van der Waals surface area contributed by atoms with E-state index in [-0.39, 0.29) is 32.1 Å². The summed E-state index contributed by atoms with van der Waals surface area (Å²) in [6.07, 6.45) is 0.908.